The molecule has 4 rings (SSSR count). The number of nitrogens with one attached hydrogen (secondary N) is 2. The maximum absolute atomic E-state index is 13.4. The molecule has 8 nitrogen and oxygen atoms in total. The quantitative estimate of drug-likeness (QED) is 0.162. The SMILES string of the molecule is COc1ccc2ncc(CO)c(CCCC3(C(=O)NO)CCN(CCNc4cc(F)c(F)c(F)c4)CC3)c2c1. The lowest BCUT2D eigenvalue weighted by Crippen LogP contribution is -2.49. The van der Waals surface area contributed by atoms with E-state index in [4.69, 9.17) is 4.74 Å². The number of aromatic nitrogens is 1. The topological polar surface area (TPSA) is 107 Å². The Hall–Kier alpha value is -3.41. The Labute approximate surface area is 224 Å². The Bertz CT molecular complexity index is 1290. The number of aryl methyl sites for hydroxylation is 1. The van der Waals surface area contributed by atoms with E-state index >= 15 is 0 Å². The number of likely N-dealkylation sites (tertiary alicyclic amines) is 1. The Balaban J connectivity index is 1.37. The molecule has 210 valence electrons. The monoisotopic (exact) mass is 546 g/mol. The van der Waals surface area contributed by atoms with Crippen LogP contribution in [0.3, 0.4) is 0 Å². The molecule has 0 saturated carbocycles. The van der Waals surface area contributed by atoms with Crippen LogP contribution in [0.2, 0.25) is 0 Å². The number of nitrogens with zero attached hydrogens (tertiary/aromatic N) is 2. The number of ether oxygens (including phenoxy) is 1. The molecule has 1 saturated heterocycles. The summed E-state index contributed by atoms with van der Waals surface area (Å²) in [4.78, 5) is 19.3. The number of halogens is 3. The zero-order chi connectivity index (χ0) is 28.0. The number of carbonyl (C=O) groups excluding carboxylic acids is 1. The minimum absolute atomic E-state index is 0.154. The molecule has 11 heteroatoms. The third-order valence-corrected chi connectivity index (χ3v) is 7.67. The maximum Gasteiger partial charge on any atom is 0.249 e. The van der Waals surface area contributed by atoms with E-state index in [9.17, 15) is 28.3 Å². The molecule has 2 heterocycles. The second kappa shape index (κ2) is 12.6. The molecule has 0 radical (unpaired) electrons. The molecule has 3 aromatic rings. The second-order valence-corrected chi connectivity index (χ2v) is 9.90. The van der Waals surface area contributed by atoms with E-state index in [1.165, 1.54) is 0 Å². The highest BCUT2D eigenvalue weighted by atomic mass is 19.2. The summed E-state index contributed by atoms with van der Waals surface area (Å²) in [7, 11) is 1.59. The van der Waals surface area contributed by atoms with Crippen LogP contribution in [0.5, 0.6) is 5.75 Å². The normalized spacial score (nSPS) is 15.3. The molecule has 1 fully saturated rings. The summed E-state index contributed by atoms with van der Waals surface area (Å²) in [6, 6.07) is 7.42. The van der Waals surface area contributed by atoms with Gasteiger partial charge in [0.15, 0.2) is 17.5 Å². The lowest BCUT2D eigenvalue weighted by molar-refractivity contribution is -0.143. The largest absolute Gasteiger partial charge is 0.497 e. The van der Waals surface area contributed by atoms with Gasteiger partial charge < -0.3 is 20.1 Å². The fraction of sp³-hybridized carbons (Fsp3) is 0.429. The van der Waals surface area contributed by atoms with E-state index in [0.29, 0.717) is 64.0 Å². The third kappa shape index (κ3) is 6.43. The molecule has 0 spiro atoms. The standard InChI is InChI=1S/C28H33F3N4O4/c1-39-20-4-5-25-22(15-20)21(18(17-36)16-33-25)3-2-6-28(27(37)34-38)7-10-35(11-8-28)12-9-32-19-13-23(29)26(31)24(30)14-19/h4-5,13-16,32,36,38H,2-3,6-12,17H2,1H3,(H,34,37). The van der Waals surface area contributed by atoms with Crippen molar-refractivity contribution in [2.75, 3.05) is 38.6 Å². The Morgan fingerprint density at radius 2 is 1.87 bits per heavy atom. The average Bonchev–Trinajstić information content (AvgIpc) is 2.96. The van der Waals surface area contributed by atoms with E-state index in [2.05, 4.69) is 15.2 Å². The highest BCUT2D eigenvalue weighted by Gasteiger charge is 2.40. The van der Waals surface area contributed by atoms with Crippen LogP contribution < -0.4 is 15.5 Å². The number of carbonyl (C=O) groups is 1. The van der Waals surface area contributed by atoms with Gasteiger partial charge in [-0.25, -0.2) is 18.7 Å². The van der Waals surface area contributed by atoms with Gasteiger partial charge in [0.25, 0.3) is 0 Å². The van der Waals surface area contributed by atoms with Gasteiger partial charge in [-0.3, -0.25) is 15.0 Å². The van der Waals surface area contributed by atoms with E-state index in [-0.39, 0.29) is 12.3 Å². The van der Waals surface area contributed by atoms with E-state index < -0.39 is 28.8 Å². The number of pyridine rings is 1. The Kier molecular flexibility index (Phi) is 9.26. The van der Waals surface area contributed by atoms with Crippen molar-refractivity contribution >= 4 is 22.5 Å². The van der Waals surface area contributed by atoms with Crippen molar-refractivity contribution in [3.05, 3.63) is 65.1 Å². The van der Waals surface area contributed by atoms with Gasteiger partial charge in [0, 0.05) is 42.5 Å². The van der Waals surface area contributed by atoms with Crippen molar-refractivity contribution in [1.29, 1.82) is 0 Å². The van der Waals surface area contributed by atoms with Crippen LogP contribution in [-0.2, 0) is 17.8 Å². The summed E-state index contributed by atoms with van der Waals surface area (Å²) in [5.41, 5.74) is 3.72. The summed E-state index contributed by atoms with van der Waals surface area (Å²) in [5, 5.41) is 23.2. The molecule has 4 N–H and O–H groups in total. The highest BCUT2D eigenvalue weighted by molar-refractivity contribution is 5.84. The summed E-state index contributed by atoms with van der Waals surface area (Å²) >= 11 is 0. The van der Waals surface area contributed by atoms with Crippen LogP contribution in [0.15, 0.2) is 36.5 Å². The molecule has 39 heavy (non-hydrogen) atoms. The fourth-order valence-electron chi connectivity index (χ4n) is 5.36. The molecule has 0 unspecified atom stereocenters. The summed E-state index contributed by atoms with van der Waals surface area (Å²) < 4.78 is 45.4. The number of aliphatic hydroxyl groups is 1. The summed E-state index contributed by atoms with van der Waals surface area (Å²) in [6.07, 6.45) is 4.52. The van der Waals surface area contributed by atoms with Crippen molar-refractivity contribution in [1.82, 2.24) is 15.4 Å². The van der Waals surface area contributed by atoms with Crippen LogP contribution in [0, 0.1) is 22.9 Å². The van der Waals surface area contributed by atoms with Crippen molar-refractivity contribution in [3.63, 3.8) is 0 Å². The lowest BCUT2D eigenvalue weighted by atomic mass is 9.73. The maximum atomic E-state index is 13.4. The van der Waals surface area contributed by atoms with Crippen molar-refractivity contribution in [2.24, 2.45) is 5.41 Å². The molecule has 1 aliphatic rings. The first kappa shape index (κ1) is 28.6. The van der Waals surface area contributed by atoms with Gasteiger partial charge in [0.05, 0.1) is 24.6 Å². The zero-order valence-electron chi connectivity index (χ0n) is 21.8. The number of aliphatic hydroxyl groups excluding tert-OH is 1. The number of rotatable bonds is 11. The van der Waals surface area contributed by atoms with E-state index in [0.717, 1.165) is 34.2 Å². The van der Waals surface area contributed by atoms with Gasteiger partial charge in [-0.1, -0.05) is 0 Å². The Morgan fingerprint density at radius 1 is 1.15 bits per heavy atom. The number of amides is 1. The minimum Gasteiger partial charge on any atom is -0.497 e. The molecule has 1 aromatic heterocycles. The van der Waals surface area contributed by atoms with Gasteiger partial charge in [-0.05, 0) is 74.5 Å². The number of hydrogen-bond donors (Lipinski definition) is 4. The van der Waals surface area contributed by atoms with Crippen molar-refractivity contribution < 1.29 is 33.0 Å². The van der Waals surface area contributed by atoms with Crippen LogP contribution in [0.25, 0.3) is 10.9 Å². The van der Waals surface area contributed by atoms with Crippen molar-refractivity contribution in [2.45, 2.75) is 38.7 Å². The van der Waals surface area contributed by atoms with Crippen LogP contribution in [0.4, 0.5) is 18.9 Å². The van der Waals surface area contributed by atoms with Gasteiger partial charge in [-0.15, -0.1) is 0 Å². The first-order valence-corrected chi connectivity index (χ1v) is 12.9. The zero-order valence-corrected chi connectivity index (χ0v) is 21.8. The van der Waals surface area contributed by atoms with Gasteiger partial charge in [-0.2, -0.15) is 0 Å². The number of fused-ring (bicyclic) bond motifs is 1. The third-order valence-electron chi connectivity index (χ3n) is 7.67. The number of hydrogen-bond acceptors (Lipinski definition) is 7. The van der Waals surface area contributed by atoms with Crippen LogP contribution in [-0.4, -0.2) is 59.4 Å². The molecule has 1 aliphatic heterocycles. The number of anilines is 1. The molecular formula is C28H33F3N4O4. The first-order chi connectivity index (χ1) is 18.8. The highest BCUT2D eigenvalue weighted by Crippen LogP contribution is 2.38. The predicted octanol–water partition coefficient (Wildman–Crippen LogP) is 4.18. The molecule has 2 aromatic carbocycles. The lowest BCUT2D eigenvalue weighted by Gasteiger charge is -2.40. The number of hydroxylamine groups is 1. The number of piperidine rings is 1. The van der Waals surface area contributed by atoms with Crippen LogP contribution in [0.1, 0.15) is 36.8 Å². The molecule has 0 atom stereocenters. The molecule has 1 amide bonds. The average molecular weight is 547 g/mol. The minimum atomic E-state index is -1.50. The van der Waals surface area contributed by atoms with Crippen LogP contribution >= 0.6 is 0 Å². The second-order valence-electron chi connectivity index (χ2n) is 9.90. The predicted molar refractivity (Wildman–Crippen MR) is 140 cm³/mol. The fourth-order valence-corrected chi connectivity index (χ4v) is 5.36. The van der Waals surface area contributed by atoms with Crippen molar-refractivity contribution in [3.8, 4) is 5.75 Å². The summed E-state index contributed by atoms with van der Waals surface area (Å²) in [6.45, 7) is 1.98. The molecular weight excluding hydrogens is 513 g/mol. The van der Waals surface area contributed by atoms with Gasteiger partial charge in [0.1, 0.15) is 5.75 Å². The van der Waals surface area contributed by atoms with Gasteiger partial charge in [0.2, 0.25) is 5.91 Å². The first-order valence-electron chi connectivity index (χ1n) is 12.9. The van der Waals surface area contributed by atoms with E-state index in [1.54, 1.807) is 13.3 Å². The Morgan fingerprint density at radius 3 is 2.51 bits per heavy atom. The molecule has 0 aliphatic carbocycles. The number of benzene rings is 2. The number of methoxy groups -OCH3 is 1. The summed E-state index contributed by atoms with van der Waals surface area (Å²) in [5.74, 6) is -3.73. The molecule has 0 bridgehead atoms. The van der Waals surface area contributed by atoms with E-state index in [1.807, 2.05) is 23.7 Å². The van der Waals surface area contributed by atoms with Gasteiger partial charge >= 0.3 is 0 Å². The smallest absolute Gasteiger partial charge is 0.249 e.